The van der Waals surface area contributed by atoms with Crippen molar-refractivity contribution in [3.63, 3.8) is 0 Å². The Labute approximate surface area is 259 Å². The van der Waals surface area contributed by atoms with Crippen molar-refractivity contribution in [1.82, 2.24) is 20.2 Å². The summed E-state index contributed by atoms with van der Waals surface area (Å²) in [6.07, 6.45) is 7.78. The van der Waals surface area contributed by atoms with Gasteiger partial charge in [0.1, 0.15) is 5.76 Å². The molecule has 0 bridgehead atoms. The average molecular weight is 636 g/mol. The summed E-state index contributed by atoms with van der Waals surface area (Å²) in [4.78, 5) is 30.9. The fourth-order valence-electron chi connectivity index (χ4n) is 4.55. The second-order valence-corrected chi connectivity index (χ2v) is 11.6. The summed E-state index contributed by atoms with van der Waals surface area (Å²) in [6.45, 7) is 7.57. The van der Waals surface area contributed by atoms with E-state index in [0.29, 0.717) is 35.2 Å². The molecule has 0 spiro atoms. The molecule has 6 N–H and O–H groups in total. The molecule has 1 aromatic heterocycles. The first-order chi connectivity index (χ1) is 20.8. The van der Waals surface area contributed by atoms with Gasteiger partial charge in [0.2, 0.25) is 11.8 Å². The maximum Gasteiger partial charge on any atom is 0.419 e. The number of aromatic nitrogens is 1. The highest BCUT2D eigenvalue weighted by atomic mass is 32.1. The number of nitrogens with one attached hydrogen (secondary N) is 2. The van der Waals surface area contributed by atoms with E-state index in [-0.39, 0.29) is 23.8 Å². The molecule has 1 saturated heterocycles. The zero-order chi connectivity index (χ0) is 32.4. The van der Waals surface area contributed by atoms with E-state index in [4.69, 9.17) is 16.3 Å². The Morgan fingerprint density at radius 2 is 1.98 bits per heavy atom. The maximum atomic E-state index is 14.0. The van der Waals surface area contributed by atoms with Gasteiger partial charge in [-0.15, -0.1) is 0 Å². The van der Waals surface area contributed by atoms with Gasteiger partial charge in [0.15, 0.2) is 5.13 Å². The zero-order valence-corrected chi connectivity index (χ0v) is 26.1. The van der Waals surface area contributed by atoms with E-state index in [1.165, 1.54) is 36.5 Å². The quantitative estimate of drug-likeness (QED) is 0.141. The van der Waals surface area contributed by atoms with Crippen LogP contribution in [-0.4, -0.2) is 66.2 Å². The lowest BCUT2D eigenvalue weighted by Crippen LogP contribution is -2.41. The summed E-state index contributed by atoms with van der Waals surface area (Å²) in [5.41, 5.74) is 7.32. The Morgan fingerprint density at radius 3 is 2.57 bits per heavy atom. The van der Waals surface area contributed by atoms with E-state index in [0.717, 1.165) is 36.7 Å². The number of hydrogen-bond acceptors (Lipinski definition) is 9. The molecule has 1 aliphatic carbocycles. The Hall–Kier alpha value is -3.88. The van der Waals surface area contributed by atoms with Crippen molar-refractivity contribution in [2.75, 3.05) is 38.6 Å². The van der Waals surface area contributed by atoms with Crippen molar-refractivity contribution in [3.8, 4) is 0 Å². The summed E-state index contributed by atoms with van der Waals surface area (Å²) in [5, 5.41) is 7.07. The molecule has 0 radical (unpaired) electrons. The van der Waals surface area contributed by atoms with Crippen LogP contribution in [0.25, 0.3) is 5.70 Å². The number of hydrazine groups is 1. The van der Waals surface area contributed by atoms with Crippen molar-refractivity contribution in [3.05, 3.63) is 75.8 Å². The molecule has 2 amide bonds. The summed E-state index contributed by atoms with van der Waals surface area (Å²) < 4.78 is 47.3. The second kappa shape index (κ2) is 15.7. The number of ether oxygens (including phenoxy) is 1. The Balaban J connectivity index is 1.64. The highest BCUT2D eigenvalue weighted by Gasteiger charge is 2.39. The molecule has 0 saturated carbocycles. The molecule has 1 aromatic rings. The molecule has 2 heterocycles. The van der Waals surface area contributed by atoms with Crippen molar-refractivity contribution in [2.45, 2.75) is 46.2 Å². The average Bonchev–Trinajstić information content (AvgIpc) is 3.29. The van der Waals surface area contributed by atoms with Crippen LogP contribution in [0.2, 0.25) is 0 Å². The number of carbonyl (C=O) groups is 2. The molecule has 14 heteroatoms. The lowest BCUT2D eigenvalue weighted by Gasteiger charge is -2.34. The van der Waals surface area contributed by atoms with Crippen LogP contribution in [0.5, 0.6) is 0 Å². The minimum absolute atomic E-state index is 0.00602. The molecule has 44 heavy (non-hydrogen) atoms. The molecule has 1 atom stereocenters. The van der Waals surface area contributed by atoms with E-state index in [1.807, 2.05) is 26.0 Å². The Bertz CT molecular complexity index is 1390. The van der Waals surface area contributed by atoms with Crippen molar-refractivity contribution < 1.29 is 27.5 Å². The van der Waals surface area contributed by atoms with Crippen LogP contribution in [0.15, 0.2) is 71.0 Å². The van der Waals surface area contributed by atoms with Crippen molar-refractivity contribution in [2.24, 2.45) is 17.5 Å². The maximum absolute atomic E-state index is 14.0. The first-order valence-corrected chi connectivity index (χ1v) is 15.0. The van der Waals surface area contributed by atoms with Crippen molar-refractivity contribution >= 4 is 34.0 Å². The highest BCUT2D eigenvalue weighted by Crippen LogP contribution is 2.36. The van der Waals surface area contributed by atoms with E-state index in [9.17, 15) is 22.8 Å². The lowest BCUT2D eigenvalue weighted by atomic mass is 10.0. The Morgan fingerprint density at radius 1 is 1.25 bits per heavy atom. The number of methoxy groups -OCH3 is 1. The van der Waals surface area contributed by atoms with Crippen LogP contribution in [0, 0.1) is 5.92 Å². The van der Waals surface area contributed by atoms with Gasteiger partial charge >= 0.3 is 6.18 Å². The first-order valence-electron chi connectivity index (χ1n) is 14.1. The number of anilines is 1. The second-order valence-electron chi connectivity index (χ2n) is 10.6. The largest absolute Gasteiger partial charge is 0.500 e. The predicted molar refractivity (Wildman–Crippen MR) is 166 cm³/mol. The number of thiazole rings is 1. The summed E-state index contributed by atoms with van der Waals surface area (Å²) >= 11 is 1.22. The van der Waals surface area contributed by atoms with Crippen LogP contribution in [0.1, 0.15) is 44.9 Å². The van der Waals surface area contributed by atoms with Crippen LogP contribution < -0.4 is 22.2 Å². The van der Waals surface area contributed by atoms with E-state index >= 15 is 0 Å². The fraction of sp³-hybridized carbons (Fsp3) is 0.433. The summed E-state index contributed by atoms with van der Waals surface area (Å²) in [5.74, 6) is 4.70. The number of alkyl halides is 3. The molecule has 0 aromatic carbocycles. The van der Waals surface area contributed by atoms with Crippen LogP contribution in [0.3, 0.4) is 0 Å². The van der Waals surface area contributed by atoms with Crippen LogP contribution in [-0.2, 0) is 14.3 Å². The number of amides is 2. The minimum atomic E-state index is -4.65. The van der Waals surface area contributed by atoms with Gasteiger partial charge in [0.25, 0.3) is 0 Å². The number of nitrogens with two attached hydrogens (primary N) is 2. The highest BCUT2D eigenvalue weighted by molar-refractivity contribution is 7.16. The molecular weight excluding hydrogens is 595 g/mol. The van der Waals surface area contributed by atoms with Gasteiger partial charge in [0.05, 0.1) is 29.8 Å². The van der Waals surface area contributed by atoms with Gasteiger partial charge in [-0.05, 0) is 45.0 Å². The molecule has 2 aliphatic rings. The van der Waals surface area contributed by atoms with Gasteiger partial charge < -0.3 is 31.0 Å². The van der Waals surface area contributed by atoms with Gasteiger partial charge in [0, 0.05) is 43.9 Å². The smallest absolute Gasteiger partial charge is 0.419 e. The number of nitrogens with zero attached hydrogens (tertiary/aromatic N) is 3. The van der Waals surface area contributed by atoms with Crippen molar-refractivity contribution in [1.29, 1.82) is 0 Å². The molecule has 1 unspecified atom stereocenters. The lowest BCUT2D eigenvalue weighted by molar-refractivity contribution is -0.119. The zero-order valence-electron chi connectivity index (χ0n) is 25.3. The van der Waals surface area contributed by atoms with E-state index in [2.05, 4.69) is 20.5 Å². The third-order valence-electron chi connectivity index (χ3n) is 6.88. The van der Waals surface area contributed by atoms with Gasteiger partial charge in [-0.25, -0.2) is 10.8 Å². The first kappa shape index (κ1) is 34.6. The minimum Gasteiger partial charge on any atom is -0.500 e. The van der Waals surface area contributed by atoms with Gasteiger partial charge in [-0.3, -0.25) is 9.59 Å². The fourth-order valence-corrected chi connectivity index (χ4v) is 5.33. The van der Waals surface area contributed by atoms with Crippen LogP contribution >= 0.6 is 11.3 Å². The third-order valence-corrected chi connectivity index (χ3v) is 7.84. The monoisotopic (exact) mass is 635 g/mol. The third kappa shape index (κ3) is 10.4. The summed E-state index contributed by atoms with van der Waals surface area (Å²) in [6, 6.07) is 0. The molecular formula is C30H40F3N7O3S. The SMILES string of the molecule is CC/C(=C\C=C(\C)CN(N)/C=C(\N)c1cnc(NC(C)=O)s1)CC(=O)NC1=CC(C(F)(F)F)=C(OC)C(CN2CCC2)C=C1. The molecule has 240 valence electrons. The molecule has 3 rings (SSSR count). The van der Waals surface area contributed by atoms with Crippen LogP contribution in [0.4, 0.5) is 18.3 Å². The number of halogens is 3. The van der Waals surface area contributed by atoms with E-state index in [1.54, 1.807) is 18.5 Å². The van der Waals surface area contributed by atoms with E-state index < -0.39 is 23.6 Å². The predicted octanol–water partition coefficient (Wildman–Crippen LogP) is 4.56. The van der Waals surface area contributed by atoms with Gasteiger partial charge in [-0.1, -0.05) is 47.6 Å². The number of allylic oxidation sites excluding steroid dienone is 5. The molecule has 1 fully saturated rings. The summed E-state index contributed by atoms with van der Waals surface area (Å²) in [7, 11) is 1.24. The molecule has 10 nitrogen and oxygen atoms in total. The number of likely N-dealkylation sites (tertiary alicyclic amines) is 1. The number of rotatable bonds is 13. The topological polar surface area (TPSA) is 139 Å². The normalized spacial score (nSPS) is 18.4. The standard InChI is InChI=1S/C30H40F3N7O3S/c1-5-21(8-7-19(2)16-40(35)18-25(34)26-15-36-29(44-26)37-20(3)41)13-27(42)38-23-10-9-22(17-39-11-6-12-39)28(43-4)24(14-23)30(31,32)33/h7-10,14-15,18,22H,5-6,11-13,16-17,34-35H2,1-4H3,(H,38,42)(H,36,37,41)/b19-7-,21-8+,25-18-. The number of hydrogen-bond donors (Lipinski definition) is 4. The number of carbonyl (C=O) groups excluding carboxylic acids is 2. The van der Waals surface area contributed by atoms with Gasteiger partial charge in [-0.2, -0.15) is 13.2 Å². The molecule has 1 aliphatic heterocycles. The Kier molecular flexibility index (Phi) is 12.4.